The highest BCUT2D eigenvalue weighted by molar-refractivity contribution is 8.01. The lowest BCUT2D eigenvalue weighted by molar-refractivity contribution is -0.118. The van der Waals surface area contributed by atoms with Crippen molar-refractivity contribution in [2.45, 2.75) is 31.3 Å². The molecular formula is C17H19N5OS2. The Morgan fingerprint density at radius 2 is 2.08 bits per heavy atom. The van der Waals surface area contributed by atoms with Gasteiger partial charge in [-0.25, -0.2) is 0 Å². The molecular weight excluding hydrogens is 354 g/mol. The molecule has 0 radical (unpaired) electrons. The molecule has 1 aromatic carbocycles. The van der Waals surface area contributed by atoms with Gasteiger partial charge in [0.1, 0.15) is 5.51 Å². The van der Waals surface area contributed by atoms with E-state index in [2.05, 4.69) is 32.7 Å². The van der Waals surface area contributed by atoms with Crippen LogP contribution in [-0.4, -0.2) is 31.6 Å². The van der Waals surface area contributed by atoms with E-state index in [0.29, 0.717) is 12.3 Å². The van der Waals surface area contributed by atoms with Gasteiger partial charge in [-0.05, 0) is 19.4 Å². The summed E-state index contributed by atoms with van der Waals surface area (Å²) in [5.74, 6) is 0.320. The normalized spacial score (nSPS) is 10.8. The van der Waals surface area contributed by atoms with Gasteiger partial charge in [-0.1, -0.05) is 53.4 Å². The lowest BCUT2D eigenvalue weighted by atomic mass is 10.2. The second-order valence-electron chi connectivity index (χ2n) is 5.56. The Kier molecular flexibility index (Phi) is 5.83. The molecule has 2 heterocycles. The molecule has 3 aromatic rings. The molecule has 0 spiro atoms. The minimum absolute atomic E-state index is 0.0187. The number of rotatable bonds is 7. The van der Waals surface area contributed by atoms with Crippen LogP contribution in [0.5, 0.6) is 0 Å². The number of benzene rings is 1. The van der Waals surface area contributed by atoms with E-state index in [1.165, 1.54) is 28.7 Å². The zero-order valence-electron chi connectivity index (χ0n) is 14.1. The zero-order chi connectivity index (χ0) is 17.6. The summed E-state index contributed by atoms with van der Waals surface area (Å²) in [6, 6.07) is 10.2. The average Bonchev–Trinajstić information content (AvgIpc) is 3.22. The maximum absolute atomic E-state index is 12.0. The molecule has 0 aliphatic carbocycles. The molecule has 0 saturated heterocycles. The number of hydrogen-bond donors (Lipinski definition) is 1. The number of nitrogens with zero attached hydrogens (tertiary/aromatic N) is 4. The lowest BCUT2D eigenvalue weighted by Crippen LogP contribution is -2.25. The summed E-state index contributed by atoms with van der Waals surface area (Å²) in [6.07, 6.45) is 0. The van der Waals surface area contributed by atoms with E-state index in [0.717, 1.165) is 27.8 Å². The lowest BCUT2D eigenvalue weighted by Gasteiger charge is -2.07. The molecule has 8 heteroatoms. The van der Waals surface area contributed by atoms with Crippen molar-refractivity contribution in [3.8, 4) is 0 Å². The highest BCUT2D eigenvalue weighted by Gasteiger charge is 2.13. The topological polar surface area (TPSA) is 72.7 Å². The molecule has 0 fully saturated rings. The second-order valence-corrected chi connectivity index (χ2v) is 7.62. The number of aryl methyl sites for hydroxylation is 1. The summed E-state index contributed by atoms with van der Waals surface area (Å²) in [6.45, 7) is 5.24. The first-order valence-electron chi connectivity index (χ1n) is 7.86. The summed E-state index contributed by atoms with van der Waals surface area (Å²) in [5, 5.41) is 15.3. The Morgan fingerprint density at radius 3 is 2.80 bits per heavy atom. The molecule has 3 rings (SSSR count). The monoisotopic (exact) mass is 373 g/mol. The van der Waals surface area contributed by atoms with Crippen LogP contribution in [0.3, 0.4) is 0 Å². The van der Waals surface area contributed by atoms with Crippen molar-refractivity contribution in [2.24, 2.45) is 0 Å². The van der Waals surface area contributed by atoms with Gasteiger partial charge < -0.3 is 5.32 Å². The van der Waals surface area contributed by atoms with Gasteiger partial charge in [0.15, 0.2) is 4.34 Å². The van der Waals surface area contributed by atoms with Crippen LogP contribution in [0.15, 0.2) is 40.2 Å². The molecule has 1 N–H and O–H groups in total. The molecule has 0 unspecified atom stereocenters. The van der Waals surface area contributed by atoms with Gasteiger partial charge in [0, 0.05) is 17.8 Å². The number of hydrogen-bond acceptors (Lipinski definition) is 6. The fourth-order valence-electron chi connectivity index (χ4n) is 2.49. The van der Waals surface area contributed by atoms with Crippen LogP contribution < -0.4 is 5.32 Å². The van der Waals surface area contributed by atoms with E-state index in [-0.39, 0.29) is 5.91 Å². The number of amides is 1. The van der Waals surface area contributed by atoms with Gasteiger partial charge in [-0.3, -0.25) is 9.48 Å². The quantitative estimate of drug-likeness (QED) is 0.645. The van der Waals surface area contributed by atoms with Crippen LogP contribution in [-0.2, 0) is 17.9 Å². The first kappa shape index (κ1) is 17.6. The van der Waals surface area contributed by atoms with Crippen LogP contribution in [0.1, 0.15) is 22.5 Å². The number of carbonyl (C=O) groups excluding carboxylic acids is 1. The third-order valence-electron chi connectivity index (χ3n) is 3.84. The Hall–Kier alpha value is -2.19. The molecule has 0 saturated carbocycles. The first-order chi connectivity index (χ1) is 12.1. The van der Waals surface area contributed by atoms with Gasteiger partial charge in [0.25, 0.3) is 0 Å². The van der Waals surface area contributed by atoms with Crippen molar-refractivity contribution in [1.82, 2.24) is 25.3 Å². The Bertz CT molecular complexity index is 830. The molecule has 1 amide bonds. The summed E-state index contributed by atoms with van der Waals surface area (Å²) >= 11 is 2.83. The van der Waals surface area contributed by atoms with Crippen molar-refractivity contribution in [2.75, 3.05) is 5.75 Å². The standard InChI is InChI=1S/C17H19N5OS2/c1-12-15(8-18-16(23)10-24-17-20-19-11-25-17)13(2)22(21-12)9-14-6-4-3-5-7-14/h3-7,11H,8-10H2,1-2H3,(H,18,23). The van der Waals surface area contributed by atoms with Crippen molar-refractivity contribution in [1.29, 1.82) is 0 Å². The van der Waals surface area contributed by atoms with Gasteiger partial charge in [-0.2, -0.15) is 5.10 Å². The summed E-state index contributed by atoms with van der Waals surface area (Å²) < 4.78 is 2.79. The maximum Gasteiger partial charge on any atom is 0.230 e. The highest BCUT2D eigenvalue weighted by atomic mass is 32.2. The fourth-order valence-corrected chi connectivity index (χ4v) is 3.81. The van der Waals surface area contributed by atoms with Crippen LogP contribution in [0.2, 0.25) is 0 Å². The molecule has 2 aromatic heterocycles. The molecule has 0 aliphatic rings. The van der Waals surface area contributed by atoms with Crippen molar-refractivity contribution >= 4 is 29.0 Å². The van der Waals surface area contributed by atoms with Crippen molar-refractivity contribution in [3.63, 3.8) is 0 Å². The molecule has 0 atom stereocenters. The molecule has 0 aliphatic heterocycles. The Labute approximate surface area is 154 Å². The zero-order valence-corrected chi connectivity index (χ0v) is 15.7. The minimum Gasteiger partial charge on any atom is -0.351 e. The van der Waals surface area contributed by atoms with Gasteiger partial charge in [-0.15, -0.1) is 10.2 Å². The van der Waals surface area contributed by atoms with Gasteiger partial charge in [0.05, 0.1) is 18.0 Å². The average molecular weight is 374 g/mol. The molecule has 25 heavy (non-hydrogen) atoms. The Balaban J connectivity index is 1.58. The van der Waals surface area contributed by atoms with E-state index in [1.54, 1.807) is 5.51 Å². The largest absolute Gasteiger partial charge is 0.351 e. The summed E-state index contributed by atoms with van der Waals surface area (Å²) in [4.78, 5) is 12.0. The predicted molar refractivity (Wildman–Crippen MR) is 99.7 cm³/mol. The fraction of sp³-hybridized carbons (Fsp3) is 0.294. The summed E-state index contributed by atoms with van der Waals surface area (Å²) in [7, 11) is 0. The number of carbonyl (C=O) groups is 1. The second kappa shape index (κ2) is 8.26. The van der Waals surface area contributed by atoms with E-state index >= 15 is 0 Å². The van der Waals surface area contributed by atoms with E-state index < -0.39 is 0 Å². The third-order valence-corrected chi connectivity index (χ3v) is 5.70. The number of thioether (sulfide) groups is 1. The molecule has 130 valence electrons. The first-order valence-corrected chi connectivity index (χ1v) is 9.72. The van der Waals surface area contributed by atoms with Crippen LogP contribution in [0.25, 0.3) is 0 Å². The van der Waals surface area contributed by atoms with Crippen LogP contribution in [0.4, 0.5) is 0 Å². The van der Waals surface area contributed by atoms with Crippen molar-refractivity contribution < 1.29 is 4.79 Å². The van der Waals surface area contributed by atoms with Crippen LogP contribution in [0, 0.1) is 13.8 Å². The van der Waals surface area contributed by atoms with Gasteiger partial charge in [0.2, 0.25) is 5.91 Å². The number of nitrogens with one attached hydrogen (secondary N) is 1. The minimum atomic E-state index is -0.0187. The van der Waals surface area contributed by atoms with Crippen molar-refractivity contribution in [3.05, 3.63) is 58.4 Å². The van der Waals surface area contributed by atoms with Gasteiger partial charge >= 0.3 is 0 Å². The third kappa shape index (κ3) is 4.67. The van der Waals surface area contributed by atoms with E-state index in [4.69, 9.17) is 0 Å². The SMILES string of the molecule is Cc1nn(Cc2ccccc2)c(C)c1CNC(=O)CSc1nncs1. The summed E-state index contributed by atoms with van der Waals surface area (Å²) in [5.41, 5.74) is 5.97. The van der Waals surface area contributed by atoms with E-state index in [9.17, 15) is 4.79 Å². The Morgan fingerprint density at radius 1 is 1.28 bits per heavy atom. The highest BCUT2D eigenvalue weighted by Crippen LogP contribution is 2.19. The van der Waals surface area contributed by atoms with E-state index in [1.807, 2.05) is 36.7 Å². The molecule has 6 nitrogen and oxygen atoms in total. The smallest absolute Gasteiger partial charge is 0.230 e. The maximum atomic E-state index is 12.0. The molecule has 0 bridgehead atoms. The van der Waals surface area contributed by atoms with Crippen LogP contribution >= 0.6 is 23.1 Å². The predicted octanol–water partition coefficient (Wildman–Crippen LogP) is 2.81. The number of aromatic nitrogens is 4.